The topological polar surface area (TPSA) is 112 Å². The Morgan fingerprint density at radius 1 is 0.973 bits per heavy atom. The number of thiocarbonyl (C=S) groups is 1. The van der Waals surface area contributed by atoms with Crippen molar-refractivity contribution in [2.24, 2.45) is 10.7 Å². The van der Waals surface area contributed by atoms with Crippen LogP contribution in [0, 0.1) is 27.7 Å². The van der Waals surface area contributed by atoms with E-state index in [4.69, 9.17) is 22.9 Å². The fraction of sp³-hybridized carbons (Fsp3) is 0.519. The number of nitrogens with one attached hydrogen (secondary N) is 2. The minimum atomic E-state index is -0.615. The molecule has 10 heteroatoms. The van der Waals surface area contributed by atoms with Gasteiger partial charge in [-0.15, -0.1) is 0 Å². The second kappa shape index (κ2) is 11.5. The summed E-state index contributed by atoms with van der Waals surface area (Å²) in [5, 5.41) is 6.89. The molecule has 3 heterocycles. The minimum Gasteiger partial charge on any atom is -0.368 e. The molecule has 1 aromatic heterocycles. The van der Waals surface area contributed by atoms with Crippen molar-refractivity contribution in [3.63, 3.8) is 0 Å². The molecular weight excluding hydrogens is 484 g/mol. The van der Waals surface area contributed by atoms with E-state index in [1.807, 2.05) is 39.0 Å². The van der Waals surface area contributed by atoms with Gasteiger partial charge in [0.15, 0.2) is 0 Å². The third-order valence-electron chi connectivity index (χ3n) is 7.35. The Morgan fingerprint density at radius 3 is 2.22 bits per heavy atom. The zero-order valence-electron chi connectivity index (χ0n) is 22.3. The maximum Gasteiger partial charge on any atom is 0.238 e. The summed E-state index contributed by atoms with van der Waals surface area (Å²) in [4.78, 5) is 31.0. The summed E-state index contributed by atoms with van der Waals surface area (Å²) in [5.41, 5.74) is 10.3. The molecule has 0 aliphatic carbocycles. The lowest BCUT2D eigenvalue weighted by Crippen LogP contribution is -2.64. The molecule has 2 saturated heterocycles. The summed E-state index contributed by atoms with van der Waals surface area (Å²) < 4.78 is 0. The number of hydrogen-bond donors (Lipinski definition) is 3. The van der Waals surface area contributed by atoms with Gasteiger partial charge in [0.2, 0.25) is 22.9 Å². The predicted molar refractivity (Wildman–Crippen MR) is 153 cm³/mol. The average Bonchev–Trinajstić information content (AvgIpc) is 2.85. The third kappa shape index (κ3) is 6.42. The molecule has 4 rings (SSSR count). The van der Waals surface area contributed by atoms with E-state index >= 15 is 0 Å². The fourth-order valence-electron chi connectivity index (χ4n) is 5.38. The molecule has 2 aliphatic heterocycles. The molecule has 0 unspecified atom stereocenters. The Hall–Kier alpha value is -3.11. The zero-order valence-corrected chi connectivity index (χ0v) is 23.1. The molecule has 0 saturated carbocycles. The Kier molecular flexibility index (Phi) is 8.39. The van der Waals surface area contributed by atoms with Crippen LogP contribution in [0.25, 0.3) is 0 Å². The van der Waals surface area contributed by atoms with Gasteiger partial charge in [-0.05, 0) is 96.4 Å². The number of primary amides is 1. The molecule has 2 aliphatic rings. The van der Waals surface area contributed by atoms with Crippen LogP contribution < -0.4 is 16.4 Å². The van der Waals surface area contributed by atoms with Gasteiger partial charge in [0.05, 0.1) is 0 Å². The van der Waals surface area contributed by atoms with E-state index < -0.39 is 5.54 Å². The van der Waals surface area contributed by atoms with Crippen molar-refractivity contribution in [2.75, 3.05) is 36.8 Å². The second-order valence-corrected chi connectivity index (χ2v) is 10.6. The monoisotopic (exact) mass is 522 g/mol. The second-order valence-electron chi connectivity index (χ2n) is 10.2. The zero-order chi connectivity index (χ0) is 26.6. The highest BCUT2D eigenvalue weighted by molar-refractivity contribution is 7.80. The van der Waals surface area contributed by atoms with Crippen LogP contribution in [-0.2, 0) is 4.79 Å². The number of anilines is 2. The van der Waals surface area contributed by atoms with Crippen LogP contribution in [-0.4, -0.2) is 68.5 Å². The normalized spacial score (nSPS) is 18.4. The van der Waals surface area contributed by atoms with Crippen LogP contribution in [0.15, 0.2) is 29.3 Å². The van der Waals surface area contributed by atoms with E-state index in [1.54, 1.807) is 0 Å². The SMILES string of the molecule is Cc1ccc(NC(=S)/N=C(/Nc2nc(C)cc(C)n2)N2CCC(C(N)=O)(N3CCCCC3)CC2)c(C)c1. The molecule has 1 aromatic carbocycles. The van der Waals surface area contributed by atoms with E-state index in [1.165, 1.54) is 12.0 Å². The van der Waals surface area contributed by atoms with E-state index in [0.29, 0.717) is 43.0 Å². The first kappa shape index (κ1) is 26.9. The number of carbonyl (C=O) groups is 1. The Morgan fingerprint density at radius 2 is 1.62 bits per heavy atom. The number of piperidine rings is 2. The number of likely N-dealkylation sites (tertiary alicyclic amines) is 2. The number of aromatic nitrogens is 2. The lowest BCUT2D eigenvalue weighted by molar-refractivity contribution is -0.134. The summed E-state index contributed by atoms with van der Waals surface area (Å²) in [7, 11) is 0. The number of benzene rings is 1. The average molecular weight is 523 g/mol. The smallest absolute Gasteiger partial charge is 0.238 e. The minimum absolute atomic E-state index is 0.231. The fourth-order valence-corrected chi connectivity index (χ4v) is 5.58. The van der Waals surface area contributed by atoms with Crippen molar-refractivity contribution < 1.29 is 4.79 Å². The molecule has 2 aromatic rings. The van der Waals surface area contributed by atoms with Crippen molar-refractivity contribution in [3.05, 3.63) is 46.8 Å². The molecule has 9 nitrogen and oxygen atoms in total. The largest absolute Gasteiger partial charge is 0.368 e. The molecule has 2 fully saturated rings. The van der Waals surface area contributed by atoms with Crippen LogP contribution in [0.2, 0.25) is 0 Å². The lowest BCUT2D eigenvalue weighted by Gasteiger charge is -2.48. The molecule has 37 heavy (non-hydrogen) atoms. The van der Waals surface area contributed by atoms with Gasteiger partial charge >= 0.3 is 0 Å². The van der Waals surface area contributed by atoms with Gasteiger partial charge in [0.25, 0.3) is 0 Å². The first-order chi connectivity index (χ1) is 17.7. The van der Waals surface area contributed by atoms with Crippen molar-refractivity contribution in [2.45, 2.75) is 65.3 Å². The van der Waals surface area contributed by atoms with Gasteiger partial charge in [0.1, 0.15) is 5.54 Å². The number of nitrogens with zero attached hydrogens (tertiary/aromatic N) is 5. The summed E-state index contributed by atoms with van der Waals surface area (Å²) in [6, 6.07) is 8.08. The summed E-state index contributed by atoms with van der Waals surface area (Å²) in [6.45, 7) is 11.0. The predicted octanol–water partition coefficient (Wildman–Crippen LogP) is 3.68. The lowest BCUT2D eigenvalue weighted by atomic mass is 9.83. The van der Waals surface area contributed by atoms with Crippen molar-refractivity contribution in [3.8, 4) is 0 Å². The maximum absolute atomic E-state index is 12.7. The van der Waals surface area contributed by atoms with E-state index in [9.17, 15) is 4.79 Å². The van der Waals surface area contributed by atoms with Gasteiger partial charge in [0, 0.05) is 30.2 Å². The van der Waals surface area contributed by atoms with Crippen LogP contribution in [0.4, 0.5) is 11.6 Å². The Bertz CT molecular complexity index is 1160. The summed E-state index contributed by atoms with van der Waals surface area (Å²) >= 11 is 5.64. The van der Waals surface area contributed by atoms with Gasteiger partial charge in [-0.1, -0.05) is 24.1 Å². The number of carbonyl (C=O) groups excluding carboxylic acids is 1. The van der Waals surface area contributed by atoms with Gasteiger partial charge in [-0.2, -0.15) is 4.99 Å². The molecular formula is C27H38N8OS. The van der Waals surface area contributed by atoms with E-state index in [2.05, 4.69) is 43.4 Å². The van der Waals surface area contributed by atoms with Crippen molar-refractivity contribution >= 4 is 40.8 Å². The Labute approximate surface area is 224 Å². The molecule has 0 bridgehead atoms. The number of aliphatic imine (C=N–C) groups is 1. The first-order valence-corrected chi connectivity index (χ1v) is 13.4. The van der Waals surface area contributed by atoms with E-state index in [0.717, 1.165) is 48.6 Å². The summed E-state index contributed by atoms with van der Waals surface area (Å²) in [6.07, 6.45) is 4.69. The number of hydrogen-bond acceptors (Lipinski definition) is 5. The Balaban J connectivity index is 1.57. The quantitative estimate of drug-likeness (QED) is 0.317. The molecule has 0 atom stereocenters. The van der Waals surface area contributed by atoms with Crippen molar-refractivity contribution in [1.29, 1.82) is 0 Å². The third-order valence-corrected chi connectivity index (χ3v) is 7.54. The number of guanidine groups is 1. The highest BCUT2D eigenvalue weighted by Gasteiger charge is 2.45. The van der Waals surface area contributed by atoms with E-state index in [-0.39, 0.29) is 5.91 Å². The van der Waals surface area contributed by atoms with Gasteiger partial charge in [-0.3, -0.25) is 15.0 Å². The molecule has 4 N–H and O–H groups in total. The molecule has 0 spiro atoms. The van der Waals surface area contributed by atoms with Crippen LogP contribution >= 0.6 is 12.2 Å². The summed E-state index contributed by atoms with van der Waals surface area (Å²) in [5.74, 6) is 0.794. The standard InChI is InChI=1S/C27H38N8OS/c1-18-8-9-22(19(2)16-18)31-26(37)33-25(32-24-29-20(3)17-21(4)30-24)34-14-10-27(11-15-34,23(28)36)35-12-6-5-7-13-35/h8-9,16-17H,5-7,10-15H2,1-4H3,(H2,28,36)(H2,29,30,31,32,33,37). The number of aryl methyl sites for hydroxylation is 4. The molecule has 198 valence electrons. The van der Waals surface area contributed by atoms with Crippen LogP contribution in [0.3, 0.4) is 0 Å². The first-order valence-electron chi connectivity index (χ1n) is 13.0. The highest BCUT2D eigenvalue weighted by atomic mass is 32.1. The van der Waals surface area contributed by atoms with Gasteiger partial charge < -0.3 is 16.0 Å². The number of amides is 1. The molecule has 0 radical (unpaired) electrons. The highest BCUT2D eigenvalue weighted by Crippen LogP contribution is 2.32. The van der Waals surface area contributed by atoms with Crippen LogP contribution in [0.5, 0.6) is 0 Å². The van der Waals surface area contributed by atoms with Gasteiger partial charge in [-0.25, -0.2) is 9.97 Å². The number of rotatable bonds is 4. The molecule has 1 amide bonds. The number of nitrogens with two attached hydrogens (primary N) is 1. The van der Waals surface area contributed by atoms with Crippen LogP contribution in [0.1, 0.15) is 54.6 Å². The maximum atomic E-state index is 12.7. The van der Waals surface area contributed by atoms with Crippen molar-refractivity contribution in [1.82, 2.24) is 19.8 Å².